The highest BCUT2D eigenvalue weighted by atomic mass is 16.4. The zero-order valence-corrected chi connectivity index (χ0v) is 12.7. The predicted octanol–water partition coefficient (Wildman–Crippen LogP) is 1.77. The van der Waals surface area contributed by atoms with E-state index in [4.69, 9.17) is 5.11 Å². The molecule has 1 fully saturated rings. The zero-order valence-electron chi connectivity index (χ0n) is 12.7. The van der Waals surface area contributed by atoms with Gasteiger partial charge in [-0.05, 0) is 50.1 Å². The molecule has 1 amide bonds. The summed E-state index contributed by atoms with van der Waals surface area (Å²) < 4.78 is 0. The van der Waals surface area contributed by atoms with Gasteiger partial charge in [0.2, 0.25) is 5.91 Å². The standard InChI is InChI=1S/C15H28N2O3/c1-15(2,6-5-14(19)20)7-9-17-13(18)10-12-4-3-8-16-11-12/h12,16H,3-11H2,1-2H3,(H,17,18)(H,19,20). The summed E-state index contributed by atoms with van der Waals surface area (Å²) in [5.41, 5.74) is -0.0436. The second-order valence-electron chi connectivity index (χ2n) is 6.57. The molecule has 0 bridgehead atoms. The predicted molar refractivity (Wildman–Crippen MR) is 78.5 cm³/mol. The van der Waals surface area contributed by atoms with Crippen LogP contribution in [-0.4, -0.2) is 36.6 Å². The number of piperidine rings is 1. The molecule has 0 aliphatic carbocycles. The molecule has 1 unspecified atom stereocenters. The van der Waals surface area contributed by atoms with E-state index in [0.29, 0.717) is 25.3 Å². The average molecular weight is 284 g/mol. The van der Waals surface area contributed by atoms with Gasteiger partial charge in [0.1, 0.15) is 0 Å². The summed E-state index contributed by atoms with van der Waals surface area (Å²) in [7, 11) is 0. The zero-order chi connectivity index (χ0) is 15.0. The minimum absolute atomic E-state index is 0.0436. The third kappa shape index (κ3) is 7.48. The number of hydrogen-bond acceptors (Lipinski definition) is 3. The first-order valence-electron chi connectivity index (χ1n) is 7.58. The minimum atomic E-state index is -0.757. The van der Waals surface area contributed by atoms with Gasteiger partial charge in [-0.1, -0.05) is 13.8 Å². The highest BCUT2D eigenvalue weighted by Crippen LogP contribution is 2.26. The van der Waals surface area contributed by atoms with Gasteiger partial charge in [0.05, 0.1) is 0 Å². The van der Waals surface area contributed by atoms with E-state index in [1.54, 1.807) is 0 Å². The lowest BCUT2D eigenvalue weighted by Crippen LogP contribution is -2.35. The molecule has 0 saturated carbocycles. The first kappa shape index (κ1) is 17.0. The van der Waals surface area contributed by atoms with E-state index in [1.165, 1.54) is 0 Å². The normalized spacial score (nSPS) is 19.6. The van der Waals surface area contributed by atoms with Gasteiger partial charge in [0, 0.05) is 19.4 Å². The molecule has 0 aromatic heterocycles. The van der Waals surface area contributed by atoms with Crippen molar-refractivity contribution in [3.05, 3.63) is 0 Å². The number of rotatable bonds is 8. The Morgan fingerprint density at radius 2 is 2.10 bits per heavy atom. The number of carbonyl (C=O) groups excluding carboxylic acids is 1. The van der Waals surface area contributed by atoms with Crippen LogP contribution >= 0.6 is 0 Å². The third-order valence-corrected chi connectivity index (χ3v) is 4.01. The van der Waals surface area contributed by atoms with Crippen molar-refractivity contribution in [2.75, 3.05) is 19.6 Å². The van der Waals surface area contributed by atoms with Crippen LogP contribution < -0.4 is 10.6 Å². The molecule has 5 heteroatoms. The highest BCUT2D eigenvalue weighted by molar-refractivity contribution is 5.76. The fraction of sp³-hybridized carbons (Fsp3) is 0.867. The van der Waals surface area contributed by atoms with E-state index in [0.717, 1.165) is 32.4 Å². The van der Waals surface area contributed by atoms with Crippen LogP contribution in [0.1, 0.15) is 52.4 Å². The SMILES string of the molecule is CC(C)(CCNC(=O)CC1CCCNC1)CCC(=O)O. The molecule has 1 saturated heterocycles. The lowest BCUT2D eigenvalue weighted by atomic mass is 9.84. The van der Waals surface area contributed by atoms with Gasteiger partial charge >= 0.3 is 5.97 Å². The Kier molecular flexibility index (Phi) is 6.99. The van der Waals surface area contributed by atoms with Crippen molar-refractivity contribution in [1.82, 2.24) is 10.6 Å². The Morgan fingerprint density at radius 3 is 2.70 bits per heavy atom. The molecule has 116 valence electrons. The van der Waals surface area contributed by atoms with Crippen molar-refractivity contribution >= 4 is 11.9 Å². The molecule has 0 radical (unpaired) electrons. The maximum absolute atomic E-state index is 11.8. The fourth-order valence-electron chi connectivity index (χ4n) is 2.54. The molecule has 1 rings (SSSR count). The number of nitrogens with one attached hydrogen (secondary N) is 2. The van der Waals surface area contributed by atoms with Gasteiger partial charge in [-0.15, -0.1) is 0 Å². The van der Waals surface area contributed by atoms with Gasteiger partial charge in [0.15, 0.2) is 0 Å². The third-order valence-electron chi connectivity index (χ3n) is 4.01. The van der Waals surface area contributed by atoms with Crippen molar-refractivity contribution in [3.63, 3.8) is 0 Å². The van der Waals surface area contributed by atoms with Gasteiger partial charge in [0.25, 0.3) is 0 Å². The fourth-order valence-corrected chi connectivity index (χ4v) is 2.54. The molecule has 20 heavy (non-hydrogen) atoms. The van der Waals surface area contributed by atoms with Crippen molar-refractivity contribution in [2.45, 2.75) is 52.4 Å². The molecule has 1 aliphatic heterocycles. The Hall–Kier alpha value is -1.10. The molecular formula is C15H28N2O3. The van der Waals surface area contributed by atoms with Crippen molar-refractivity contribution < 1.29 is 14.7 Å². The van der Waals surface area contributed by atoms with Crippen molar-refractivity contribution in [2.24, 2.45) is 11.3 Å². The Bertz CT molecular complexity index is 323. The lowest BCUT2D eigenvalue weighted by molar-refractivity contribution is -0.137. The minimum Gasteiger partial charge on any atom is -0.481 e. The summed E-state index contributed by atoms with van der Waals surface area (Å²) in [6.45, 7) is 6.74. The molecule has 5 nitrogen and oxygen atoms in total. The molecule has 3 N–H and O–H groups in total. The van der Waals surface area contributed by atoms with Crippen molar-refractivity contribution in [3.8, 4) is 0 Å². The van der Waals surface area contributed by atoms with E-state index >= 15 is 0 Å². The summed E-state index contributed by atoms with van der Waals surface area (Å²) in [6, 6.07) is 0. The lowest BCUT2D eigenvalue weighted by Gasteiger charge is -2.25. The van der Waals surface area contributed by atoms with Gasteiger partial charge in [-0.2, -0.15) is 0 Å². The van der Waals surface area contributed by atoms with E-state index in [-0.39, 0.29) is 17.7 Å². The molecule has 1 aliphatic rings. The van der Waals surface area contributed by atoms with E-state index in [2.05, 4.69) is 10.6 Å². The van der Waals surface area contributed by atoms with Crippen LogP contribution in [0.4, 0.5) is 0 Å². The van der Waals surface area contributed by atoms with Gasteiger partial charge in [-0.25, -0.2) is 0 Å². The summed E-state index contributed by atoms with van der Waals surface area (Å²) in [5, 5.41) is 15.0. The van der Waals surface area contributed by atoms with Crippen LogP contribution in [0.15, 0.2) is 0 Å². The topological polar surface area (TPSA) is 78.4 Å². The summed E-state index contributed by atoms with van der Waals surface area (Å²) in [4.78, 5) is 22.4. The number of hydrogen-bond donors (Lipinski definition) is 3. The summed E-state index contributed by atoms with van der Waals surface area (Å²) in [6.07, 6.45) is 4.53. The smallest absolute Gasteiger partial charge is 0.303 e. The number of aliphatic carboxylic acids is 1. The summed E-state index contributed by atoms with van der Waals surface area (Å²) in [5.74, 6) is -0.177. The second-order valence-corrected chi connectivity index (χ2v) is 6.57. The van der Waals surface area contributed by atoms with E-state index in [9.17, 15) is 9.59 Å². The van der Waals surface area contributed by atoms with Crippen LogP contribution in [0.2, 0.25) is 0 Å². The molecule has 0 aromatic carbocycles. The van der Waals surface area contributed by atoms with Crippen LogP contribution in [0.5, 0.6) is 0 Å². The maximum Gasteiger partial charge on any atom is 0.303 e. The Labute approximate surface area is 121 Å². The molecular weight excluding hydrogens is 256 g/mol. The Morgan fingerprint density at radius 1 is 1.35 bits per heavy atom. The monoisotopic (exact) mass is 284 g/mol. The quantitative estimate of drug-likeness (QED) is 0.635. The second kappa shape index (κ2) is 8.25. The van der Waals surface area contributed by atoms with Crippen molar-refractivity contribution in [1.29, 1.82) is 0 Å². The molecule has 0 aromatic rings. The van der Waals surface area contributed by atoms with Gasteiger partial charge < -0.3 is 15.7 Å². The molecule has 0 spiro atoms. The number of carboxylic acids is 1. The average Bonchev–Trinajstić information content (AvgIpc) is 2.37. The first-order chi connectivity index (χ1) is 9.39. The summed E-state index contributed by atoms with van der Waals surface area (Å²) >= 11 is 0. The molecule has 1 atom stereocenters. The molecule has 1 heterocycles. The van der Waals surface area contributed by atoms with Crippen LogP contribution in [-0.2, 0) is 9.59 Å². The number of amides is 1. The number of carbonyl (C=O) groups is 2. The van der Waals surface area contributed by atoms with Crippen LogP contribution in [0.25, 0.3) is 0 Å². The number of carboxylic acid groups (broad SMARTS) is 1. The van der Waals surface area contributed by atoms with Gasteiger partial charge in [-0.3, -0.25) is 9.59 Å². The van der Waals surface area contributed by atoms with E-state index < -0.39 is 5.97 Å². The van der Waals surface area contributed by atoms with Crippen LogP contribution in [0, 0.1) is 11.3 Å². The maximum atomic E-state index is 11.8. The Balaban J connectivity index is 2.15. The van der Waals surface area contributed by atoms with E-state index in [1.807, 2.05) is 13.8 Å². The first-order valence-corrected chi connectivity index (χ1v) is 7.58. The largest absolute Gasteiger partial charge is 0.481 e. The highest BCUT2D eigenvalue weighted by Gasteiger charge is 2.20. The van der Waals surface area contributed by atoms with Crippen LogP contribution in [0.3, 0.4) is 0 Å².